The summed E-state index contributed by atoms with van der Waals surface area (Å²) >= 11 is 0. The van der Waals surface area contributed by atoms with Crippen LogP contribution >= 0.6 is 0 Å². The van der Waals surface area contributed by atoms with Crippen LogP contribution < -0.4 is 15.4 Å². The van der Waals surface area contributed by atoms with Crippen LogP contribution in [-0.2, 0) is 11.3 Å². The van der Waals surface area contributed by atoms with Gasteiger partial charge in [0.1, 0.15) is 5.75 Å². The molecule has 0 aliphatic carbocycles. The van der Waals surface area contributed by atoms with Gasteiger partial charge in [-0.2, -0.15) is 0 Å². The molecule has 0 atom stereocenters. The predicted octanol–water partition coefficient (Wildman–Crippen LogP) is 1.36. The van der Waals surface area contributed by atoms with Gasteiger partial charge in [0.2, 0.25) is 0 Å². The van der Waals surface area contributed by atoms with E-state index in [0.717, 1.165) is 43.2 Å². The van der Waals surface area contributed by atoms with Gasteiger partial charge in [0.25, 0.3) is 5.91 Å². The number of rotatable bonds is 4. The Bertz CT molecular complexity index is 512. The van der Waals surface area contributed by atoms with Crippen LogP contribution in [-0.4, -0.2) is 43.6 Å². The van der Waals surface area contributed by atoms with Crippen LogP contribution in [0.2, 0.25) is 0 Å². The van der Waals surface area contributed by atoms with E-state index in [1.165, 1.54) is 19.3 Å². The van der Waals surface area contributed by atoms with Crippen LogP contribution in [0.1, 0.15) is 24.8 Å². The highest BCUT2D eigenvalue weighted by Gasteiger charge is 2.26. The average Bonchev–Trinajstić information content (AvgIpc) is 2.54. The number of benzene rings is 1. The number of fused-ring (bicyclic) bond motifs is 1. The second-order valence-corrected chi connectivity index (χ2v) is 5.74. The van der Waals surface area contributed by atoms with E-state index >= 15 is 0 Å². The Morgan fingerprint density at radius 1 is 1.14 bits per heavy atom. The lowest BCUT2D eigenvalue weighted by atomic mass is 10.1. The van der Waals surface area contributed by atoms with Crippen molar-refractivity contribution in [2.45, 2.75) is 25.8 Å². The molecular formula is C16H23N3O2. The van der Waals surface area contributed by atoms with Gasteiger partial charge in [0.15, 0.2) is 6.61 Å². The second kappa shape index (κ2) is 6.45. The summed E-state index contributed by atoms with van der Waals surface area (Å²) in [5.41, 5.74) is 7.59. The summed E-state index contributed by atoms with van der Waals surface area (Å²) in [7, 11) is 0. The maximum Gasteiger partial charge on any atom is 0.265 e. The molecule has 1 aromatic carbocycles. The minimum Gasteiger partial charge on any atom is -0.482 e. The van der Waals surface area contributed by atoms with Crippen molar-refractivity contribution in [3.63, 3.8) is 0 Å². The van der Waals surface area contributed by atoms with Crippen LogP contribution in [0.4, 0.5) is 5.69 Å². The molecular weight excluding hydrogens is 266 g/mol. The fourth-order valence-corrected chi connectivity index (χ4v) is 3.04. The quantitative estimate of drug-likeness (QED) is 0.909. The van der Waals surface area contributed by atoms with E-state index in [-0.39, 0.29) is 12.5 Å². The number of hydrogen-bond donors (Lipinski definition) is 1. The molecule has 0 bridgehead atoms. The van der Waals surface area contributed by atoms with Gasteiger partial charge in [-0.15, -0.1) is 0 Å². The van der Waals surface area contributed by atoms with E-state index in [1.54, 1.807) is 0 Å². The lowest BCUT2D eigenvalue weighted by Crippen LogP contribution is -2.44. The largest absolute Gasteiger partial charge is 0.482 e. The van der Waals surface area contributed by atoms with Crippen LogP contribution in [0.3, 0.4) is 0 Å². The van der Waals surface area contributed by atoms with Crippen molar-refractivity contribution in [1.29, 1.82) is 0 Å². The van der Waals surface area contributed by atoms with Crippen molar-refractivity contribution in [2.75, 3.05) is 37.7 Å². The fraction of sp³-hybridized carbons (Fsp3) is 0.562. The molecule has 0 unspecified atom stereocenters. The first-order chi connectivity index (χ1) is 10.3. The molecule has 0 aromatic heterocycles. The zero-order valence-electron chi connectivity index (χ0n) is 12.4. The summed E-state index contributed by atoms with van der Waals surface area (Å²) in [5.74, 6) is 0.819. The number of nitrogens with zero attached hydrogens (tertiary/aromatic N) is 2. The number of likely N-dealkylation sites (tertiary alicyclic amines) is 1. The highest BCUT2D eigenvalue weighted by molar-refractivity contribution is 5.97. The molecule has 21 heavy (non-hydrogen) atoms. The van der Waals surface area contributed by atoms with Gasteiger partial charge in [-0.1, -0.05) is 12.5 Å². The molecule has 2 aliphatic rings. The van der Waals surface area contributed by atoms with Crippen molar-refractivity contribution in [2.24, 2.45) is 5.73 Å². The Morgan fingerprint density at radius 3 is 2.71 bits per heavy atom. The fourth-order valence-electron chi connectivity index (χ4n) is 3.04. The Morgan fingerprint density at radius 2 is 1.95 bits per heavy atom. The third-order valence-electron chi connectivity index (χ3n) is 4.29. The summed E-state index contributed by atoms with van der Waals surface area (Å²) in [5, 5.41) is 0. The third-order valence-corrected chi connectivity index (χ3v) is 4.29. The molecule has 114 valence electrons. The van der Waals surface area contributed by atoms with Crippen LogP contribution in [0.5, 0.6) is 5.75 Å². The number of carbonyl (C=O) groups is 1. The van der Waals surface area contributed by atoms with Crippen LogP contribution in [0.15, 0.2) is 18.2 Å². The van der Waals surface area contributed by atoms with Crippen molar-refractivity contribution < 1.29 is 9.53 Å². The minimum absolute atomic E-state index is 0.0358. The van der Waals surface area contributed by atoms with Crippen LogP contribution in [0, 0.1) is 0 Å². The Labute approximate surface area is 125 Å². The molecule has 1 saturated heterocycles. The third kappa shape index (κ3) is 3.19. The van der Waals surface area contributed by atoms with E-state index in [2.05, 4.69) is 4.90 Å². The van der Waals surface area contributed by atoms with E-state index in [0.29, 0.717) is 6.54 Å². The van der Waals surface area contributed by atoms with Crippen molar-refractivity contribution in [3.8, 4) is 5.75 Å². The summed E-state index contributed by atoms with van der Waals surface area (Å²) < 4.78 is 5.51. The minimum atomic E-state index is 0.0358. The summed E-state index contributed by atoms with van der Waals surface area (Å²) in [6.45, 7) is 4.56. The lowest BCUT2D eigenvalue weighted by molar-refractivity contribution is -0.121. The van der Waals surface area contributed by atoms with Crippen molar-refractivity contribution in [1.82, 2.24) is 4.90 Å². The smallest absolute Gasteiger partial charge is 0.265 e. The maximum atomic E-state index is 12.2. The molecule has 5 heteroatoms. The van der Waals surface area contributed by atoms with Gasteiger partial charge < -0.3 is 20.3 Å². The van der Waals surface area contributed by atoms with Gasteiger partial charge in [-0.25, -0.2) is 0 Å². The SMILES string of the molecule is NCc1ccc2c(c1)N(CCN1CCCCC1)C(=O)CO2. The normalized spacial score (nSPS) is 19.3. The number of amides is 1. The van der Waals surface area contributed by atoms with Gasteiger partial charge >= 0.3 is 0 Å². The first kappa shape index (κ1) is 14.4. The summed E-state index contributed by atoms with van der Waals surface area (Å²) in [6.07, 6.45) is 3.87. The molecule has 1 aromatic rings. The molecule has 0 saturated carbocycles. The topological polar surface area (TPSA) is 58.8 Å². The molecule has 2 heterocycles. The highest BCUT2D eigenvalue weighted by Crippen LogP contribution is 2.32. The first-order valence-corrected chi connectivity index (χ1v) is 7.76. The average molecular weight is 289 g/mol. The zero-order valence-corrected chi connectivity index (χ0v) is 12.4. The number of carbonyl (C=O) groups excluding carboxylic acids is 1. The molecule has 1 fully saturated rings. The van der Waals surface area contributed by atoms with Crippen molar-refractivity contribution in [3.05, 3.63) is 23.8 Å². The van der Waals surface area contributed by atoms with E-state index in [9.17, 15) is 4.79 Å². The number of hydrogen-bond acceptors (Lipinski definition) is 4. The first-order valence-electron chi connectivity index (χ1n) is 7.76. The number of piperidine rings is 1. The molecule has 5 nitrogen and oxygen atoms in total. The van der Waals surface area contributed by atoms with Gasteiger partial charge in [-0.05, 0) is 43.6 Å². The van der Waals surface area contributed by atoms with E-state index in [4.69, 9.17) is 10.5 Å². The highest BCUT2D eigenvalue weighted by atomic mass is 16.5. The van der Waals surface area contributed by atoms with Gasteiger partial charge in [-0.3, -0.25) is 4.79 Å². The number of anilines is 1. The molecule has 0 spiro atoms. The molecule has 1 amide bonds. The van der Waals surface area contributed by atoms with Crippen LogP contribution in [0.25, 0.3) is 0 Å². The summed E-state index contributed by atoms with van der Waals surface area (Å²) in [4.78, 5) is 16.5. The maximum absolute atomic E-state index is 12.2. The lowest BCUT2D eigenvalue weighted by Gasteiger charge is -2.33. The number of ether oxygens (including phenoxy) is 1. The van der Waals surface area contributed by atoms with E-state index < -0.39 is 0 Å². The molecule has 0 radical (unpaired) electrons. The zero-order chi connectivity index (χ0) is 14.7. The molecule has 2 N–H and O–H groups in total. The standard InChI is InChI=1S/C16H23N3O2/c17-11-13-4-5-15-14(10-13)19(16(20)12-21-15)9-8-18-6-2-1-3-7-18/h4-5,10H,1-3,6-9,11-12,17H2. The predicted molar refractivity (Wildman–Crippen MR) is 82.5 cm³/mol. The number of nitrogens with two attached hydrogens (primary N) is 1. The second-order valence-electron chi connectivity index (χ2n) is 5.74. The van der Waals surface area contributed by atoms with Gasteiger partial charge in [0.05, 0.1) is 5.69 Å². The molecule has 3 rings (SSSR count). The monoisotopic (exact) mass is 289 g/mol. The Kier molecular flexibility index (Phi) is 4.41. The Hall–Kier alpha value is -1.59. The van der Waals surface area contributed by atoms with Crippen molar-refractivity contribution >= 4 is 11.6 Å². The van der Waals surface area contributed by atoms with Gasteiger partial charge in [0, 0.05) is 19.6 Å². The molecule has 2 aliphatic heterocycles. The Balaban J connectivity index is 1.73. The summed E-state index contributed by atoms with van der Waals surface area (Å²) in [6, 6.07) is 5.85. The van der Waals surface area contributed by atoms with E-state index in [1.807, 2.05) is 23.1 Å².